The molecule has 32 heavy (non-hydrogen) atoms. The van der Waals surface area contributed by atoms with Crippen molar-refractivity contribution in [2.75, 3.05) is 7.11 Å². The second-order valence-corrected chi connectivity index (χ2v) is 8.83. The van der Waals surface area contributed by atoms with Crippen LogP contribution in [0.4, 0.5) is 4.79 Å². The zero-order valence-electron chi connectivity index (χ0n) is 19.6. The molecule has 1 N–H and O–H groups in total. The summed E-state index contributed by atoms with van der Waals surface area (Å²) in [5, 5.41) is 2.52. The van der Waals surface area contributed by atoms with Crippen LogP contribution < -0.4 is 16.6 Å². The van der Waals surface area contributed by atoms with Crippen molar-refractivity contribution < 1.29 is 19.1 Å². The Balaban J connectivity index is 2.29. The van der Waals surface area contributed by atoms with Gasteiger partial charge in [-0.2, -0.15) is 0 Å². The maximum absolute atomic E-state index is 12.7. The minimum atomic E-state index is -0.957. The molecular formula is C23H31N3O6. The first kappa shape index (κ1) is 24.9. The van der Waals surface area contributed by atoms with E-state index in [-0.39, 0.29) is 12.3 Å². The molecule has 0 unspecified atom stereocenters. The van der Waals surface area contributed by atoms with Crippen LogP contribution in [0, 0.1) is 0 Å². The standard InChI is InChI=1S/C23H31N3O6/c1-14(2)18-13-19(27)26(22(30)25(18)6)16-10-8-15(9-11-16)12-17(20(28)31-7)24-21(29)32-23(3,4)5/h8-11,13-14,17H,12H2,1-7H3,(H,24,29)/t17-/m0/s1. The highest BCUT2D eigenvalue weighted by Gasteiger charge is 2.25. The number of rotatable bonds is 6. The van der Waals surface area contributed by atoms with Crippen LogP contribution in [0.25, 0.3) is 5.69 Å². The zero-order chi connectivity index (χ0) is 24.2. The van der Waals surface area contributed by atoms with Crippen LogP contribution in [0.2, 0.25) is 0 Å². The molecule has 2 aromatic rings. The van der Waals surface area contributed by atoms with Gasteiger partial charge in [-0.3, -0.25) is 4.79 Å². The highest BCUT2D eigenvalue weighted by molar-refractivity contribution is 5.81. The van der Waals surface area contributed by atoms with Crippen LogP contribution in [-0.2, 0) is 27.7 Å². The average Bonchev–Trinajstić information content (AvgIpc) is 2.69. The predicted molar refractivity (Wildman–Crippen MR) is 120 cm³/mol. The Morgan fingerprint density at radius 1 is 1.09 bits per heavy atom. The van der Waals surface area contributed by atoms with Gasteiger partial charge in [0.05, 0.1) is 12.8 Å². The first-order valence-electron chi connectivity index (χ1n) is 10.3. The number of nitrogens with zero attached hydrogens (tertiary/aromatic N) is 2. The quantitative estimate of drug-likeness (QED) is 0.684. The molecule has 1 amide bonds. The Labute approximate surface area is 187 Å². The molecule has 1 aromatic heterocycles. The van der Waals surface area contributed by atoms with Crippen molar-refractivity contribution in [2.24, 2.45) is 7.05 Å². The summed E-state index contributed by atoms with van der Waals surface area (Å²) in [4.78, 5) is 49.5. The van der Waals surface area contributed by atoms with Gasteiger partial charge in [-0.1, -0.05) is 26.0 Å². The number of methoxy groups -OCH3 is 1. The van der Waals surface area contributed by atoms with Gasteiger partial charge in [-0.05, 0) is 44.4 Å². The number of esters is 1. The number of aromatic nitrogens is 2. The Kier molecular flexibility index (Phi) is 7.66. The third kappa shape index (κ3) is 6.09. The van der Waals surface area contributed by atoms with E-state index in [1.54, 1.807) is 52.1 Å². The van der Waals surface area contributed by atoms with E-state index in [0.717, 1.165) is 4.57 Å². The molecule has 2 rings (SSSR count). The number of benzene rings is 1. The van der Waals surface area contributed by atoms with E-state index in [1.165, 1.54) is 17.7 Å². The molecule has 174 valence electrons. The summed E-state index contributed by atoms with van der Waals surface area (Å²) in [5.74, 6) is -0.584. The number of carbonyl (C=O) groups excluding carboxylic acids is 2. The lowest BCUT2D eigenvalue weighted by Gasteiger charge is -2.22. The molecule has 0 radical (unpaired) electrons. The molecule has 1 heterocycles. The van der Waals surface area contributed by atoms with Gasteiger partial charge in [0.25, 0.3) is 5.56 Å². The van der Waals surface area contributed by atoms with Crippen molar-refractivity contribution >= 4 is 12.1 Å². The number of nitrogens with one attached hydrogen (secondary N) is 1. The fraction of sp³-hybridized carbons (Fsp3) is 0.478. The minimum Gasteiger partial charge on any atom is -0.467 e. The van der Waals surface area contributed by atoms with Crippen molar-refractivity contribution in [1.29, 1.82) is 0 Å². The van der Waals surface area contributed by atoms with Crippen molar-refractivity contribution in [2.45, 2.75) is 58.6 Å². The summed E-state index contributed by atoms with van der Waals surface area (Å²) in [5.41, 5.74) is 0.198. The van der Waals surface area contributed by atoms with Gasteiger partial charge in [0, 0.05) is 25.2 Å². The summed E-state index contributed by atoms with van der Waals surface area (Å²) in [6.07, 6.45) is -0.587. The van der Waals surface area contributed by atoms with Gasteiger partial charge in [-0.25, -0.2) is 19.0 Å². The summed E-state index contributed by atoms with van der Waals surface area (Å²) < 4.78 is 12.5. The maximum atomic E-state index is 12.7. The van der Waals surface area contributed by atoms with Crippen LogP contribution in [-0.4, -0.2) is 39.9 Å². The summed E-state index contributed by atoms with van der Waals surface area (Å²) >= 11 is 0. The van der Waals surface area contributed by atoms with Gasteiger partial charge in [0.15, 0.2) is 0 Å². The van der Waals surface area contributed by atoms with Crippen molar-refractivity contribution in [3.05, 3.63) is 62.4 Å². The third-order valence-electron chi connectivity index (χ3n) is 4.76. The fourth-order valence-corrected chi connectivity index (χ4v) is 3.24. The molecular weight excluding hydrogens is 414 g/mol. The Hall–Kier alpha value is -3.36. The van der Waals surface area contributed by atoms with E-state index in [4.69, 9.17) is 9.47 Å². The predicted octanol–water partition coefficient (Wildman–Crippen LogP) is 2.27. The smallest absolute Gasteiger partial charge is 0.408 e. The summed E-state index contributed by atoms with van der Waals surface area (Å²) in [6.45, 7) is 8.99. The summed E-state index contributed by atoms with van der Waals surface area (Å²) in [6, 6.07) is 7.11. The second-order valence-electron chi connectivity index (χ2n) is 8.83. The highest BCUT2D eigenvalue weighted by Crippen LogP contribution is 2.13. The van der Waals surface area contributed by atoms with Crippen molar-refractivity contribution in [3.63, 3.8) is 0 Å². The van der Waals surface area contributed by atoms with Crippen molar-refractivity contribution in [3.8, 4) is 5.69 Å². The lowest BCUT2D eigenvalue weighted by atomic mass is 10.1. The number of carbonyl (C=O) groups is 2. The van der Waals surface area contributed by atoms with E-state index in [9.17, 15) is 19.2 Å². The first-order valence-corrected chi connectivity index (χ1v) is 10.3. The molecule has 1 atom stereocenters. The topological polar surface area (TPSA) is 109 Å². The SMILES string of the molecule is COC(=O)[C@H](Cc1ccc(-n2c(=O)cc(C(C)C)n(C)c2=O)cc1)NC(=O)OC(C)(C)C. The van der Waals surface area contributed by atoms with E-state index < -0.39 is 35.0 Å². The first-order chi connectivity index (χ1) is 14.8. The largest absolute Gasteiger partial charge is 0.467 e. The normalized spacial score (nSPS) is 12.4. The number of alkyl carbamates (subject to hydrolysis) is 1. The van der Waals surface area contributed by atoms with Crippen LogP contribution in [0.5, 0.6) is 0 Å². The molecule has 0 aliphatic rings. The molecule has 0 saturated carbocycles. The van der Waals surface area contributed by atoms with Crippen LogP contribution >= 0.6 is 0 Å². The van der Waals surface area contributed by atoms with Crippen LogP contribution in [0.3, 0.4) is 0 Å². The average molecular weight is 446 g/mol. The fourth-order valence-electron chi connectivity index (χ4n) is 3.24. The van der Waals surface area contributed by atoms with Crippen molar-refractivity contribution in [1.82, 2.24) is 14.5 Å². The van der Waals surface area contributed by atoms with E-state index in [1.807, 2.05) is 13.8 Å². The molecule has 0 fully saturated rings. The Morgan fingerprint density at radius 2 is 1.69 bits per heavy atom. The van der Waals surface area contributed by atoms with Gasteiger partial charge in [0.2, 0.25) is 0 Å². The lowest BCUT2D eigenvalue weighted by molar-refractivity contribution is -0.143. The molecule has 9 nitrogen and oxygen atoms in total. The molecule has 0 aliphatic carbocycles. The number of hydrogen-bond donors (Lipinski definition) is 1. The zero-order valence-corrected chi connectivity index (χ0v) is 19.6. The minimum absolute atomic E-state index is 0.0326. The monoisotopic (exact) mass is 445 g/mol. The van der Waals surface area contributed by atoms with E-state index >= 15 is 0 Å². The third-order valence-corrected chi connectivity index (χ3v) is 4.76. The van der Waals surface area contributed by atoms with Gasteiger partial charge in [-0.15, -0.1) is 0 Å². The number of ether oxygens (including phenoxy) is 2. The molecule has 0 spiro atoms. The Morgan fingerprint density at radius 3 is 2.19 bits per heavy atom. The van der Waals surface area contributed by atoms with E-state index in [0.29, 0.717) is 16.9 Å². The molecule has 0 bridgehead atoms. The Bertz CT molecular complexity index is 1090. The van der Waals surface area contributed by atoms with E-state index in [2.05, 4.69) is 5.32 Å². The highest BCUT2D eigenvalue weighted by atomic mass is 16.6. The molecule has 1 aromatic carbocycles. The van der Waals surface area contributed by atoms with Crippen LogP contribution in [0.1, 0.15) is 51.8 Å². The second kappa shape index (κ2) is 9.84. The van der Waals surface area contributed by atoms with Gasteiger partial charge >= 0.3 is 17.8 Å². The summed E-state index contributed by atoms with van der Waals surface area (Å²) in [7, 11) is 2.86. The van der Waals surface area contributed by atoms with Gasteiger partial charge < -0.3 is 19.4 Å². The number of hydrogen-bond acceptors (Lipinski definition) is 6. The molecule has 0 aliphatic heterocycles. The molecule has 9 heteroatoms. The maximum Gasteiger partial charge on any atom is 0.408 e. The van der Waals surface area contributed by atoms with Crippen LogP contribution in [0.15, 0.2) is 39.9 Å². The van der Waals surface area contributed by atoms with Gasteiger partial charge in [0.1, 0.15) is 11.6 Å². The number of amides is 1. The molecule has 0 saturated heterocycles. The lowest BCUT2D eigenvalue weighted by Crippen LogP contribution is -2.45.